The summed E-state index contributed by atoms with van der Waals surface area (Å²) in [5.41, 5.74) is 3.97. The zero-order chi connectivity index (χ0) is 21.6. The minimum absolute atomic E-state index is 0.00592. The zero-order valence-electron chi connectivity index (χ0n) is 17.3. The van der Waals surface area contributed by atoms with Crippen LogP contribution in [-0.4, -0.2) is 30.1 Å². The third kappa shape index (κ3) is 3.88. The molecule has 31 heavy (non-hydrogen) atoms. The Labute approximate surface area is 181 Å². The molecular formula is C23H24N4O3S. The maximum absolute atomic E-state index is 13.3. The Morgan fingerprint density at radius 1 is 1.10 bits per heavy atom. The second-order valence-corrected chi connectivity index (χ2v) is 9.92. The highest BCUT2D eigenvalue weighted by Gasteiger charge is 2.29. The first-order chi connectivity index (χ1) is 14.9. The van der Waals surface area contributed by atoms with Crippen molar-refractivity contribution in [1.82, 2.24) is 14.5 Å². The Morgan fingerprint density at radius 3 is 2.61 bits per heavy atom. The lowest BCUT2D eigenvalue weighted by molar-refractivity contribution is 0.102. The van der Waals surface area contributed by atoms with Gasteiger partial charge in [0.05, 0.1) is 16.3 Å². The van der Waals surface area contributed by atoms with Gasteiger partial charge >= 0.3 is 0 Å². The molecule has 8 heteroatoms. The molecule has 1 fully saturated rings. The summed E-state index contributed by atoms with van der Waals surface area (Å²) < 4.78 is 29.7. The number of fused-ring (bicyclic) bond motifs is 1. The van der Waals surface area contributed by atoms with Gasteiger partial charge in [-0.1, -0.05) is 24.3 Å². The van der Waals surface area contributed by atoms with Crippen molar-refractivity contribution in [2.75, 3.05) is 5.32 Å². The molecule has 2 aliphatic rings. The number of aromatic nitrogens is 2. The highest BCUT2D eigenvalue weighted by Crippen LogP contribution is 2.31. The van der Waals surface area contributed by atoms with E-state index < -0.39 is 10.0 Å². The minimum atomic E-state index is -3.64. The van der Waals surface area contributed by atoms with E-state index in [-0.39, 0.29) is 16.8 Å². The Hall–Kier alpha value is -2.97. The van der Waals surface area contributed by atoms with E-state index in [0.717, 1.165) is 49.0 Å². The molecule has 0 atom stereocenters. The number of rotatable bonds is 6. The fraction of sp³-hybridized carbons (Fsp3) is 0.304. The molecule has 1 heterocycles. The van der Waals surface area contributed by atoms with Crippen LogP contribution in [0.2, 0.25) is 0 Å². The molecule has 0 radical (unpaired) electrons. The van der Waals surface area contributed by atoms with Crippen molar-refractivity contribution in [2.24, 2.45) is 0 Å². The predicted octanol–water partition coefficient (Wildman–Crippen LogP) is 3.36. The summed E-state index contributed by atoms with van der Waals surface area (Å²) >= 11 is 0. The summed E-state index contributed by atoms with van der Waals surface area (Å²) in [4.78, 5) is 13.4. The Balaban J connectivity index is 1.49. The Bertz CT molecular complexity index is 1260. The number of aryl methyl sites for hydroxylation is 2. The molecule has 1 aromatic heterocycles. The number of anilines is 1. The molecular weight excluding hydrogens is 412 g/mol. The number of carbonyl (C=O) groups is 1. The number of carbonyl (C=O) groups excluding carboxylic acids is 1. The first-order valence-electron chi connectivity index (χ1n) is 10.5. The van der Waals surface area contributed by atoms with E-state index in [9.17, 15) is 13.2 Å². The largest absolute Gasteiger partial charge is 0.306 e. The number of sulfonamides is 1. The molecule has 0 saturated heterocycles. The molecule has 0 unspecified atom stereocenters. The van der Waals surface area contributed by atoms with Gasteiger partial charge in [-0.25, -0.2) is 17.8 Å². The molecule has 3 aromatic rings. The van der Waals surface area contributed by atoms with Crippen LogP contribution in [-0.2, 0) is 22.9 Å². The molecule has 2 aromatic carbocycles. The second-order valence-electron chi connectivity index (χ2n) is 8.20. The normalized spacial score (nSPS) is 15.6. The van der Waals surface area contributed by atoms with Gasteiger partial charge in [0.2, 0.25) is 10.0 Å². The number of hydrogen-bond donors (Lipinski definition) is 2. The van der Waals surface area contributed by atoms with Crippen LogP contribution >= 0.6 is 0 Å². The molecule has 0 aliphatic heterocycles. The van der Waals surface area contributed by atoms with E-state index in [2.05, 4.69) is 10.0 Å². The highest BCUT2D eigenvalue weighted by atomic mass is 32.2. The summed E-state index contributed by atoms with van der Waals surface area (Å²) in [6.45, 7) is 1.80. The van der Waals surface area contributed by atoms with Gasteiger partial charge in [0.1, 0.15) is 5.82 Å². The monoisotopic (exact) mass is 436 g/mol. The van der Waals surface area contributed by atoms with Crippen molar-refractivity contribution in [3.63, 3.8) is 0 Å². The minimum Gasteiger partial charge on any atom is -0.306 e. The van der Waals surface area contributed by atoms with Crippen LogP contribution in [0.1, 0.15) is 46.4 Å². The van der Waals surface area contributed by atoms with Gasteiger partial charge in [-0.2, -0.15) is 5.10 Å². The summed E-state index contributed by atoms with van der Waals surface area (Å²) in [6, 6.07) is 14.4. The van der Waals surface area contributed by atoms with Crippen LogP contribution in [0.15, 0.2) is 53.4 Å². The van der Waals surface area contributed by atoms with Crippen molar-refractivity contribution in [2.45, 2.75) is 50.0 Å². The predicted molar refractivity (Wildman–Crippen MR) is 118 cm³/mol. The van der Waals surface area contributed by atoms with Crippen molar-refractivity contribution >= 4 is 21.7 Å². The van der Waals surface area contributed by atoms with E-state index in [1.165, 1.54) is 6.07 Å². The highest BCUT2D eigenvalue weighted by molar-refractivity contribution is 7.89. The fourth-order valence-electron chi connectivity index (χ4n) is 3.95. The summed E-state index contributed by atoms with van der Waals surface area (Å²) in [7, 11) is -3.64. The fourth-order valence-corrected chi connectivity index (χ4v) is 5.28. The van der Waals surface area contributed by atoms with Crippen molar-refractivity contribution in [3.8, 4) is 5.69 Å². The standard InChI is InChI=1S/C23H24N4O3S/c1-15-10-13-18(31(29,30)26-16-11-12-16)14-20(15)23(28)24-22-19-8-5-9-21(19)25-27(22)17-6-3-2-4-7-17/h2-4,6-7,10,13-14,16,26H,5,8-9,11-12H2,1H3,(H,24,28). The second kappa shape index (κ2) is 7.62. The molecule has 5 rings (SSSR count). The molecule has 7 nitrogen and oxygen atoms in total. The zero-order valence-corrected chi connectivity index (χ0v) is 18.1. The van der Waals surface area contributed by atoms with Crippen LogP contribution in [0.25, 0.3) is 5.69 Å². The van der Waals surface area contributed by atoms with E-state index in [4.69, 9.17) is 5.10 Å². The third-order valence-electron chi connectivity index (χ3n) is 5.80. The number of benzene rings is 2. The lowest BCUT2D eigenvalue weighted by Crippen LogP contribution is -2.26. The van der Waals surface area contributed by atoms with Crippen LogP contribution in [0.5, 0.6) is 0 Å². The maximum atomic E-state index is 13.3. The summed E-state index contributed by atoms with van der Waals surface area (Å²) in [5, 5.41) is 7.75. The first kappa shape index (κ1) is 20.0. The molecule has 2 aliphatic carbocycles. The lowest BCUT2D eigenvalue weighted by Gasteiger charge is -2.13. The van der Waals surface area contributed by atoms with Gasteiger partial charge in [0.15, 0.2) is 0 Å². The number of nitrogens with zero attached hydrogens (tertiary/aromatic N) is 2. The van der Waals surface area contributed by atoms with Gasteiger partial charge < -0.3 is 5.32 Å². The van der Waals surface area contributed by atoms with Gasteiger partial charge in [0.25, 0.3) is 5.91 Å². The van der Waals surface area contributed by atoms with E-state index in [1.54, 1.807) is 23.7 Å². The van der Waals surface area contributed by atoms with Crippen LogP contribution in [0.4, 0.5) is 5.82 Å². The number of para-hydroxylation sites is 1. The quantitative estimate of drug-likeness (QED) is 0.620. The summed E-state index contributed by atoms with van der Waals surface area (Å²) in [5.74, 6) is 0.320. The van der Waals surface area contributed by atoms with E-state index in [0.29, 0.717) is 16.9 Å². The number of nitrogens with one attached hydrogen (secondary N) is 2. The average molecular weight is 437 g/mol. The van der Waals surface area contributed by atoms with Crippen LogP contribution in [0.3, 0.4) is 0 Å². The number of amides is 1. The third-order valence-corrected chi connectivity index (χ3v) is 7.32. The van der Waals surface area contributed by atoms with Gasteiger partial charge in [0, 0.05) is 17.2 Å². The Kier molecular flexibility index (Phi) is 4.91. The Morgan fingerprint density at radius 2 is 1.87 bits per heavy atom. The smallest absolute Gasteiger partial charge is 0.257 e. The van der Waals surface area contributed by atoms with E-state index in [1.807, 2.05) is 30.3 Å². The molecule has 1 amide bonds. The van der Waals surface area contributed by atoms with Crippen molar-refractivity contribution < 1.29 is 13.2 Å². The van der Waals surface area contributed by atoms with Crippen LogP contribution in [0, 0.1) is 6.92 Å². The van der Waals surface area contributed by atoms with Crippen molar-refractivity contribution in [1.29, 1.82) is 0 Å². The topological polar surface area (TPSA) is 93.1 Å². The van der Waals surface area contributed by atoms with Crippen LogP contribution < -0.4 is 10.0 Å². The molecule has 160 valence electrons. The first-order valence-corrected chi connectivity index (χ1v) is 12.0. The van der Waals surface area contributed by atoms with Gasteiger partial charge in [-0.05, 0) is 68.9 Å². The van der Waals surface area contributed by atoms with Gasteiger partial charge in [-0.3, -0.25) is 4.79 Å². The van der Waals surface area contributed by atoms with Gasteiger partial charge in [-0.15, -0.1) is 0 Å². The molecule has 0 bridgehead atoms. The summed E-state index contributed by atoms with van der Waals surface area (Å²) in [6.07, 6.45) is 4.46. The van der Waals surface area contributed by atoms with Crippen molar-refractivity contribution in [3.05, 3.63) is 70.9 Å². The molecule has 2 N–H and O–H groups in total. The maximum Gasteiger partial charge on any atom is 0.257 e. The average Bonchev–Trinajstić information content (AvgIpc) is 3.32. The molecule has 0 spiro atoms. The SMILES string of the molecule is Cc1ccc(S(=O)(=O)NC2CC2)cc1C(=O)Nc1c2c(nn1-c1ccccc1)CCC2. The molecule has 1 saturated carbocycles. The van der Waals surface area contributed by atoms with E-state index >= 15 is 0 Å². The number of hydrogen-bond acceptors (Lipinski definition) is 4. The lowest BCUT2D eigenvalue weighted by atomic mass is 10.1.